The molecular weight excluding hydrogens is 396 g/mol. The number of nitrogens with zero attached hydrogens (tertiary/aromatic N) is 2. The summed E-state index contributed by atoms with van der Waals surface area (Å²) in [6, 6.07) is 9.68. The van der Waals surface area contributed by atoms with Gasteiger partial charge in [-0.15, -0.1) is 0 Å². The van der Waals surface area contributed by atoms with Crippen molar-refractivity contribution in [2.45, 2.75) is 39.8 Å². The van der Waals surface area contributed by atoms with Crippen LogP contribution < -0.4 is 0 Å². The van der Waals surface area contributed by atoms with E-state index in [1.165, 1.54) is 0 Å². The molecule has 0 unspecified atom stereocenters. The van der Waals surface area contributed by atoms with E-state index in [1.807, 2.05) is 58.0 Å². The van der Waals surface area contributed by atoms with Crippen LogP contribution in [0.4, 0.5) is 9.59 Å². The summed E-state index contributed by atoms with van der Waals surface area (Å²) in [7, 11) is 0. The summed E-state index contributed by atoms with van der Waals surface area (Å²) in [6.45, 7) is 11.5. The molecule has 1 heterocycles. The first-order valence-electron chi connectivity index (χ1n) is 9.79. The number of aliphatic hydroxyl groups is 1. The lowest BCUT2D eigenvalue weighted by Gasteiger charge is -2.42. The van der Waals surface area contributed by atoms with Gasteiger partial charge in [-0.1, -0.05) is 44.2 Å². The Morgan fingerprint density at radius 2 is 1.69 bits per heavy atom. The number of ether oxygens (including phenoxy) is 2. The van der Waals surface area contributed by atoms with Crippen LogP contribution >= 0.6 is 11.6 Å². The van der Waals surface area contributed by atoms with Gasteiger partial charge in [0.2, 0.25) is 0 Å². The Morgan fingerprint density at radius 1 is 1.10 bits per heavy atom. The molecule has 1 aromatic carbocycles. The summed E-state index contributed by atoms with van der Waals surface area (Å²) < 4.78 is 9.76. The third-order valence-corrected chi connectivity index (χ3v) is 4.63. The summed E-state index contributed by atoms with van der Waals surface area (Å²) in [6.07, 6.45) is -0.264. The molecular formula is C21H33ClN2O5. The zero-order valence-electron chi connectivity index (χ0n) is 17.8. The average molecular weight is 429 g/mol. The number of carbonyl (C=O) groups is 2. The van der Waals surface area contributed by atoms with Crippen molar-refractivity contribution in [2.75, 3.05) is 39.4 Å². The minimum atomic E-state index is -0.723. The number of aliphatic hydroxyl groups excluding tert-OH is 1. The van der Waals surface area contributed by atoms with Crippen molar-refractivity contribution in [1.82, 2.24) is 9.80 Å². The van der Waals surface area contributed by atoms with E-state index in [0.29, 0.717) is 32.2 Å². The van der Waals surface area contributed by atoms with Gasteiger partial charge in [-0.05, 0) is 25.3 Å². The van der Waals surface area contributed by atoms with Gasteiger partial charge in [0.05, 0.1) is 13.2 Å². The number of amides is 1. The van der Waals surface area contributed by atoms with Crippen LogP contribution in [0, 0.1) is 5.92 Å². The van der Waals surface area contributed by atoms with Crippen molar-refractivity contribution >= 4 is 23.1 Å². The van der Waals surface area contributed by atoms with E-state index in [4.69, 9.17) is 16.3 Å². The molecule has 0 saturated carbocycles. The monoisotopic (exact) mass is 428 g/mol. The number of piperazine rings is 1. The maximum absolute atomic E-state index is 12.0. The van der Waals surface area contributed by atoms with Crippen molar-refractivity contribution in [3.8, 4) is 0 Å². The predicted molar refractivity (Wildman–Crippen MR) is 113 cm³/mol. The van der Waals surface area contributed by atoms with Gasteiger partial charge >= 0.3 is 11.5 Å². The molecule has 8 heteroatoms. The molecule has 0 aliphatic carbocycles. The third-order valence-electron chi connectivity index (χ3n) is 4.52. The second-order valence-corrected chi connectivity index (χ2v) is 8.24. The number of hydrogen-bond acceptors (Lipinski definition) is 6. The molecule has 0 aromatic heterocycles. The highest BCUT2D eigenvalue weighted by Gasteiger charge is 2.31. The maximum Gasteiger partial charge on any atom is 0.410 e. The first kappa shape index (κ1) is 25.2. The number of carbonyl (C=O) groups excluding carboxylic acids is 2. The summed E-state index contributed by atoms with van der Waals surface area (Å²) >= 11 is 4.86. The van der Waals surface area contributed by atoms with Crippen LogP contribution in [0.5, 0.6) is 0 Å². The molecule has 1 aliphatic heterocycles. The molecule has 0 atom stereocenters. The molecule has 1 aliphatic rings. The van der Waals surface area contributed by atoms with Crippen LogP contribution in [0.25, 0.3) is 0 Å². The highest BCUT2D eigenvalue weighted by molar-refractivity contribution is 6.61. The van der Waals surface area contributed by atoms with Crippen LogP contribution in [-0.2, 0) is 16.1 Å². The van der Waals surface area contributed by atoms with Gasteiger partial charge in [-0.2, -0.15) is 0 Å². The van der Waals surface area contributed by atoms with E-state index < -0.39 is 5.43 Å². The van der Waals surface area contributed by atoms with E-state index in [0.717, 1.165) is 18.7 Å². The molecule has 1 saturated heterocycles. The minimum Gasteiger partial charge on any atom is -0.453 e. The lowest BCUT2D eigenvalue weighted by molar-refractivity contribution is 0.0122. The number of hydrogen-bond donors (Lipinski definition) is 1. The fraction of sp³-hybridized carbons (Fsp3) is 0.619. The standard InChI is InChI=1S/C16H24N2O3.C5H9ClO2/c1-16(2,13-19)18-10-8-17(9-11-18)15(20)21-12-14-6-4-3-5-7-14;1-4(2)3-8-5(6)7/h3-7,19H,8-13H2,1-2H3;4H,3H2,1-2H3. The zero-order valence-corrected chi connectivity index (χ0v) is 18.5. The van der Waals surface area contributed by atoms with Gasteiger partial charge in [0.1, 0.15) is 6.61 Å². The molecule has 0 radical (unpaired) electrons. The van der Waals surface area contributed by atoms with Crippen LogP contribution in [0.3, 0.4) is 0 Å². The molecule has 2 rings (SSSR count). The zero-order chi connectivity index (χ0) is 21.9. The summed E-state index contributed by atoms with van der Waals surface area (Å²) in [5, 5.41) is 9.38. The van der Waals surface area contributed by atoms with Crippen LogP contribution in [0.2, 0.25) is 0 Å². The largest absolute Gasteiger partial charge is 0.453 e. The molecule has 0 bridgehead atoms. The Labute approximate surface area is 178 Å². The van der Waals surface area contributed by atoms with Crippen LogP contribution in [0.1, 0.15) is 33.3 Å². The smallest absolute Gasteiger partial charge is 0.410 e. The number of halogens is 1. The molecule has 1 N–H and O–H groups in total. The molecule has 1 fully saturated rings. The first-order valence-corrected chi connectivity index (χ1v) is 10.2. The van der Waals surface area contributed by atoms with Gasteiger partial charge in [-0.25, -0.2) is 9.59 Å². The molecule has 1 amide bonds. The Morgan fingerprint density at radius 3 is 2.14 bits per heavy atom. The molecule has 1 aromatic rings. The molecule has 29 heavy (non-hydrogen) atoms. The second-order valence-electron chi connectivity index (χ2n) is 7.93. The first-order chi connectivity index (χ1) is 13.7. The van der Waals surface area contributed by atoms with Crippen molar-refractivity contribution in [1.29, 1.82) is 0 Å². The van der Waals surface area contributed by atoms with Crippen molar-refractivity contribution in [2.24, 2.45) is 5.92 Å². The highest BCUT2D eigenvalue weighted by Crippen LogP contribution is 2.16. The van der Waals surface area contributed by atoms with E-state index in [2.05, 4.69) is 9.64 Å². The Bertz CT molecular complexity index is 617. The third kappa shape index (κ3) is 9.96. The van der Waals surface area contributed by atoms with Crippen molar-refractivity contribution < 1.29 is 24.2 Å². The fourth-order valence-corrected chi connectivity index (χ4v) is 2.70. The predicted octanol–water partition coefficient (Wildman–Crippen LogP) is 3.73. The second kappa shape index (κ2) is 12.7. The van der Waals surface area contributed by atoms with E-state index in [-0.39, 0.29) is 18.2 Å². The van der Waals surface area contributed by atoms with Gasteiger partial charge in [0, 0.05) is 43.3 Å². The van der Waals surface area contributed by atoms with Crippen LogP contribution in [-0.4, -0.2) is 71.4 Å². The molecule has 7 nitrogen and oxygen atoms in total. The lowest BCUT2D eigenvalue weighted by Crippen LogP contribution is -2.57. The van der Waals surface area contributed by atoms with Crippen LogP contribution in [0.15, 0.2) is 30.3 Å². The van der Waals surface area contributed by atoms with Crippen molar-refractivity contribution in [3.05, 3.63) is 35.9 Å². The van der Waals surface area contributed by atoms with Gasteiger partial charge in [0.25, 0.3) is 0 Å². The molecule has 0 spiro atoms. The fourth-order valence-electron chi connectivity index (χ4n) is 2.64. The van der Waals surface area contributed by atoms with E-state index >= 15 is 0 Å². The maximum atomic E-state index is 12.0. The van der Waals surface area contributed by atoms with Gasteiger partial charge in [0.15, 0.2) is 0 Å². The minimum absolute atomic E-state index is 0.117. The van der Waals surface area contributed by atoms with E-state index in [9.17, 15) is 14.7 Å². The lowest BCUT2D eigenvalue weighted by atomic mass is 10.0. The number of rotatable bonds is 6. The number of benzene rings is 1. The summed E-state index contributed by atoms with van der Waals surface area (Å²) in [5.74, 6) is 0.359. The Balaban J connectivity index is 0.000000447. The summed E-state index contributed by atoms with van der Waals surface area (Å²) in [5.41, 5.74) is 0.0321. The van der Waals surface area contributed by atoms with Crippen molar-refractivity contribution in [3.63, 3.8) is 0 Å². The average Bonchev–Trinajstić information content (AvgIpc) is 2.72. The normalized spacial score (nSPS) is 14.8. The topological polar surface area (TPSA) is 79.3 Å². The van der Waals surface area contributed by atoms with Gasteiger partial charge < -0.3 is 19.5 Å². The van der Waals surface area contributed by atoms with Gasteiger partial charge in [-0.3, -0.25) is 4.90 Å². The van der Waals surface area contributed by atoms with E-state index in [1.54, 1.807) is 4.90 Å². The Hall–Kier alpha value is -1.83. The summed E-state index contributed by atoms with van der Waals surface area (Å²) in [4.78, 5) is 25.9. The Kier molecular flexibility index (Phi) is 11.0. The highest BCUT2D eigenvalue weighted by atomic mass is 35.5. The molecule has 164 valence electrons. The SMILES string of the molecule is CC(C)(CO)N1CCN(C(=O)OCc2ccccc2)CC1.CC(C)COC(=O)Cl. The quantitative estimate of drug-likeness (QED) is 0.695.